The number of hydrogen-bond acceptors (Lipinski definition) is 3. The first-order valence-electron chi connectivity index (χ1n) is 5.63. The fourth-order valence-electron chi connectivity index (χ4n) is 1.79. The summed E-state index contributed by atoms with van der Waals surface area (Å²) < 4.78 is 13.7. The molecule has 0 saturated carbocycles. The minimum Gasteiger partial charge on any atom is -0.312 e. The molecule has 96 valence electrons. The number of benzene rings is 1. The van der Waals surface area contributed by atoms with Gasteiger partial charge in [0.2, 0.25) is 0 Å². The third kappa shape index (κ3) is 3.07. The second-order valence-electron chi connectivity index (χ2n) is 4.06. The Bertz CT molecular complexity index is 542. The van der Waals surface area contributed by atoms with Crippen LogP contribution in [0.15, 0.2) is 24.4 Å². The van der Waals surface area contributed by atoms with Crippen LogP contribution >= 0.6 is 22.9 Å². The molecule has 1 aromatic carbocycles. The van der Waals surface area contributed by atoms with Gasteiger partial charge in [-0.15, -0.1) is 11.3 Å². The molecule has 0 aliphatic carbocycles. The van der Waals surface area contributed by atoms with Crippen LogP contribution in [0.3, 0.4) is 0 Å². The van der Waals surface area contributed by atoms with Gasteiger partial charge in [-0.05, 0) is 38.1 Å². The Kier molecular flexibility index (Phi) is 4.32. The van der Waals surface area contributed by atoms with E-state index < -0.39 is 0 Å². The molecule has 2 nitrogen and oxygen atoms in total. The van der Waals surface area contributed by atoms with Crippen molar-refractivity contribution in [3.05, 3.63) is 50.7 Å². The Morgan fingerprint density at radius 1 is 1.50 bits per heavy atom. The zero-order valence-corrected chi connectivity index (χ0v) is 11.8. The average Bonchev–Trinajstić information content (AvgIpc) is 2.75. The summed E-state index contributed by atoms with van der Waals surface area (Å²) in [5.74, 6) is -0.260. The fraction of sp³-hybridized carbons (Fsp3) is 0.308. The summed E-state index contributed by atoms with van der Waals surface area (Å²) >= 11 is 7.37. The summed E-state index contributed by atoms with van der Waals surface area (Å²) in [5.41, 5.74) is 0.657. The molecule has 2 rings (SSSR count). The summed E-state index contributed by atoms with van der Waals surface area (Å²) in [6, 6.07) is 4.87. The van der Waals surface area contributed by atoms with E-state index in [4.69, 9.17) is 11.6 Å². The molecular weight excluding hydrogens is 271 g/mol. The molecule has 1 heterocycles. The molecule has 0 radical (unpaired) electrons. The quantitative estimate of drug-likeness (QED) is 0.925. The Morgan fingerprint density at radius 3 is 2.83 bits per heavy atom. The highest BCUT2D eigenvalue weighted by Gasteiger charge is 2.15. The van der Waals surface area contributed by atoms with Crippen molar-refractivity contribution in [3.8, 4) is 0 Å². The van der Waals surface area contributed by atoms with Crippen molar-refractivity contribution in [1.29, 1.82) is 0 Å². The number of likely N-dealkylation sites (N-methyl/N-ethyl adjacent to an activating group) is 1. The molecule has 18 heavy (non-hydrogen) atoms. The minimum atomic E-state index is -0.260. The maximum absolute atomic E-state index is 13.7. The SMILES string of the molecule is CNC(Cc1ccc(Cl)cc1F)c1cnc(C)s1. The normalized spacial score (nSPS) is 12.7. The molecule has 0 fully saturated rings. The lowest BCUT2D eigenvalue weighted by Crippen LogP contribution is -2.18. The molecule has 0 spiro atoms. The van der Waals surface area contributed by atoms with E-state index in [2.05, 4.69) is 10.3 Å². The van der Waals surface area contributed by atoms with E-state index in [9.17, 15) is 4.39 Å². The van der Waals surface area contributed by atoms with Crippen LogP contribution in [0.25, 0.3) is 0 Å². The Hall–Kier alpha value is -0.970. The topological polar surface area (TPSA) is 24.9 Å². The van der Waals surface area contributed by atoms with Crippen molar-refractivity contribution >= 4 is 22.9 Å². The summed E-state index contributed by atoms with van der Waals surface area (Å²) in [7, 11) is 1.87. The standard InChI is InChI=1S/C13H14ClFN2S/c1-8-17-7-13(18-8)12(16-2)5-9-3-4-10(14)6-11(9)15/h3-4,6-7,12,16H,5H2,1-2H3. The van der Waals surface area contributed by atoms with Gasteiger partial charge >= 0.3 is 0 Å². The van der Waals surface area contributed by atoms with E-state index in [1.165, 1.54) is 6.07 Å². The lowest BCUT2D eigenvalue weighted by Gasteiger charge is -2.14. The van der Waals surface area contributed by atoms with Gasteiger partial charge in [0.25, 0.3) is 0 Å². The maximum Gasteiger partial charge on any atom is 0.127 e. The number of halogens is 2. The first-order chi connectivity index (χ1) is 8.60. The summed E-state index contributed by atoms with van der Waals surface area (Å²) in [5, 5.41) is 4.63. The minimum absolute atomic E-state index is 0.0758. The third-order valence-electron chi connectivity index (χ3n) is 2.77. The summed E-state index contributed by atoms with van der Waals surface area (Å²) in [4.78, 5) is 5.34. The molecule has 5 heteroatoms. The van der Waals surface area contributed by atoms with Gasteiger partial charge in [0.15, 0.2) is 0 Å². The van der Waals surface area contributed by atoms with Crippen molar-refractivity contribution in [2.45, 2.75) is 19.4 Å². The smallest absolute Gasteiger partial charge is 0.127 e. The van der Waals surface area contributed by atoms with Crippen LogP contribution in [0.5, 0.6) is 0 Å². The van der Waals surface area contributed by atoms with Crippen molar-refractivity contribution < 1.29 is 4.39 Å². The van der Waals surface area contributed by atoms with Crippen LogP contribution in [0.1, 0.15) is 21.5 Å². The number of rotatable bonds is 4. The van der Waals surface area contributed by atoms with E-state index in [0.717, 1.165) is 9.88 Å². The molecule has 0 aliphatic rings. The molecule has 0 saturated heterocycles. The molecule has 1 N–H and O–H groups in total. The van der Waals surface area contributed by atoms with E-state index in [-0.39, 0.29) is 11.9 Å². The van der Waals surface area contributed by atoms with Crippen LogP contribution in [0, 0.1) is 12.7 Å². The molecule has 1 unspecified atom stereocenters. The highest BCUT2D eigenvalue weighted by atomic mass is 35.5. The van der Waals surface area contributed by atoms with Crippen LogP contribution in [-0.4, -0.2) is 12.0 Å². The van der Waals surface area contributed by atoms with Crippen molar-refractivity contribution in [2.75, 3.05) is 7.05 Å². The Labute approximate surface area is 115 Å². The van der Waals surface area contributed by atoms with Crippen molar-refractivity contribution in [3.63, 3.8) is 0 Å². The van der Waals surface area contributed by atoms with Gasteiger partial charge in [-0.2, -0.15) is 0 Å². The van der Waals surface area contributed by atoms with Crippen molar-refractivity contribution in [1.82, 2.24) is 10.3 Å². The van der Waals surface area contributed by atoms with E-state index in [0.29, 0.717) is 17.0 Å². The van der Waals surface area contributed by atoms with Gasteiger partial charge in [0, 0.05) is 22.1 Å². The second-order valence-corrected chi connectivity index (χ2v) is 5.77. The summed E-state index contributed by atoms with van der Waals surface area (Å²) in [6.07, 6.45) is 2.43. The Balaban J connectivity index is 2.20. The largest absolute Gasteiger partial charge is 0.312 e. The molecule has 2 aromatic rings. The van der Waals surface area contributed by atoms with Gasteiger partial charge in [-0.1, -0.05) is 17.7 Å². The third-order valence-corrected chi connectivity index (χ3v) is 4.03. The van der Waals surface area contributed by atoms with Gasteiger partial charge < -0.3 is 5.32 Å². The molecule has 0 aliphatic heterocycles. The van der Waals surface area contributed by atoms with Gasteiger partial charge in [-0.25, -0.2) is 9.37 Å². The Morgan fingerprint density at radius 2 is 2.28 bits per heavy atom. The van der Waals surface area contributed by atoms with Crippen LogP contribution in [-0.2, 0) is 6.42 Å². The fourth-order valence-corrected chi connectivity index (χ4v) is 2.85. The van der Waals surface area contributed by atoms with Crippen molar-refractivity contribution in [2.24, 2.45) is 0 Å². The molecule has 1 aromatic heterocycles. The number of hydrogen-bond donors (Lipinski definition) is 1. The molecule has 0 bridgehead atoms. The number of nitrogens with one attached hydrogen (secondary N) is 1. The number of nitrogens with zero attached hydrogens (tertiary/aromatic N) is 1. The van der Waals surface area contributed by atoms with Gasteiger partial charge in [0.05, 0.1) is 5.01 Å². The molecular formula is C13H14ClFN2S. The maximum atomic E-state index is 13.7. The first-order valence-corrected chi connectivity index (χ1v) is 6.83. The predicted octanol–water partition coefficient (Wildman–Crippen LogP) is 3.75. The first kappa shape index (κ1) is 13.5. The van der Waals surface area contributed by atoms with Gasteiger partial charge in [0.1, 0.15) is 5.82 Å². The zero-order chi connectivity index (χ0) is 13.1. The van der Waals surface area contributed by atoms with E-state index >= 15 is 0 Å². The highest BCUT2D eigenvalue weighted by Crippen LogP contribution is 2.25. The lowest BCUT2D eigenvalue weighted by atomic mass is 10.0. The van der Waals surface area contributed by atoms with Crippen LogP contribution < -0.4 is 5.32 Å². The predicted molar refractivity (Wildman–Crippen MR) is 73.8 cm³/mol. The van der Waals surface area contributed by atoms with E-state index in [1.54, 1.807) is 23.5 Å². The number of aryl methyl sites for hydroxylation is 1. The average molecular weight is 285 g/mol. The number of thiazole rings is 1. The number of aromatic nitrogens is 1. The zero-order valence-electron chi connectivity index (χ0n) is 10.2. The van der Waals surface area contributed by atoms with E-state index in [1.807, 2.05) is 20.2 Å². The molecule has 1 atom stereocenters. The van der Waals surface area contributed by atoms with Crippen LogP contribution in [0.2, 0.25) is 5.02 Å². The van der Waals surface area contributed by atoms with Crippen LogP contribution in [0.4, 0.5) is 4.39 Å². The summed E-state index contributed by atoms with van der Waals surface area (Å²) in [6.45, 7) is 1.96. The lowest BCUT2D eigenvalue weighted by molar-refractivity contribution is 0.559. The molecule has 0 amide bonds. The van der Waals surface area contributed by atoms with Gasteiger partial charge in [-0.3, -0.25) is 0 Å². The second kappa shape index (κ2) is 5.78. The highest BCUT2D eigenvalue weighted by molar-refractivity contribution is 7.11. The monoisotopic (exact) mass is 284 g/mol.